The van der Waals surface area contributed by atoms with Crippen LogP contribution in [0.4, 0.5) is 0 Å². The Morgan fingerprint density at radius 2 is 0.951 bits per heavy atom. The number of nitrogens with zero attached hydrogens (tertiary/aromatic N) is 2. The van der Waals surface area contributed by atoms with E-state index in [-0.39, 0.29) is 11.0 Å². The van der Waals surface area contributed by atoms with Gasteiger partial charge in [-0.1, -0.05) is 166 Å². The number of aromatic nitrogens is 2. The number of hydrogen-bond acceptors (Lipinski definition) is 1. The van der Waals surface area contributed by atoms with E-state index in [1.807, 2.05) is 22.6 Å². The van der Waals surface area contributed by atoms with Crippen LogP contribution in [-0.2, 0) is 5.41 Å². The molecular formula is C58H36N2O. The summed E-state index contributed by atoms with van der Waals surface area (Å²) >= 11 is 0. The molecule has 0 N–H and O–H groups in total. The van der Waals surface area contributed by atoms with Gasteiger partial charge in [0.15, 0.2) is 0 Å². The molecule has 3 nitrogen and oxygen atoms in total. The highest BCUT2D eigenvalue weighted by molar-refractivity contribution is 6.29. The fourth-order valence-electron chi connectivity index (χ4n) is 11.6. The van der Waals surface area contributed by atoms with Gasteiger partial charge in [0.1, 0.15) is 0 Å². The molecule has 0 saturated heterocycles. The lowest BCUT2D eigenvalue weighted by atomic mass is 9.81. The summed E-state index contributed by atoms with van der Waals surface area (Å²) in [6.07, 6.45) is 0. The topological polar surface area (TPSA) is 26.4 Å². The van der Waals surface area contributed by atoms with Crippen molar-refractivity contribution < 1.29 is 0 Å². The first kappa shape index (κ1) is 33.1. The van der Waals surface area contributed by atoms with Crippen LogP contribution >= 0.6 is 0 Å². The van der Waals surface area contributed by atoms with Crippen LogP contribution in [0.3, 0.4) is 0 Å². The molecule has 0 atom stereocenters. The third-order valence-corrected chi connectivity index (χ3v) is 14.2. The molecule has 0 fully saturated rings. The molecule has 61 heavy (non-hydrogen) atoms. The number of rotatable bonds is 2. The van der Waals surface area contributed by atoms with Crippen LogP contribution in [-0.4, -0.2) is 8.97 Å². The van der Waals surface area contributed by atoms with E-state index in [1.165, 1.54) is 76.4 Å². The fourth-order valence-corrected chi connectivity index (χ4v) is 11.6. The molecule has 10 aromatic carbocycles. The highest BCUT2D eigenvalue weighted by Gasteiger charge is 2.38. The van der Waals surface area contributed by atoms with E-state index in [0.717, 1.165) is 54.8 Å². The highest BCUT2D eigenvalue weighted by Crippen LogP contribution is 2.53. The van der Waals surface area contributed by atoms with Gasteiger partial charge in [0.2, 0.25) is 0 Å². The maximum absolute atomic E-state index is 14.6. The summed E-state index contributed by atoms with van der Waals surface area (Å²) in [5.41, 5.74) is 12.8. The van der Waals surface area contributed by atoms with Crippen LogP contribution in [0.5, 0.6) is 0 Å². The molecule has 0 radical (unpaired) electrons. The molecule has 0 bridgehead atoms. The molecular weight excluding hydrogens is 741 g/mol. The summed E-state index contributed by atoms with van der Waals surface area (Å²) in [5, 5.41) is 14.8. The molecule has 1 aliphatic carbocycles. The second-order valence-corrected chi connectivity index (χ2v) is 17.5. The van der Waals surface area contributed by atoms with Crippen LogP contribution < -0.4 is 5.56 Å². The lowest BCUT2D eigenvalue weighted by Crippen LogP contribution is -2.16. The minimum absolute atomic E-state index is 0.0178. The zero-order valence-corrected chi connectivity index (χ0v) is 33.6. The average molecular weight is 777 g/mol. The van der Waals surface area contributed by atoms with Crippen LogP contribution in [0, 0.1) is 0 Å². The van der Waals surface area contributed by atoms with Crippen LogP contribution in [0.1, 0.15) is 25.0 Å². The normalized spacial score (nSPS) is 13.6. The van der Waals surface area contributed by atoms with Gasteiger partial charge < -0.3 is 4.57 Å². The van der Waals surface area contributed by atoms with Gasteiger partial charge in [0.05, 0.1) is 22.1 Å². The predicted octanol–water partition coefficient (Wildman–Crippen LogP) is 14.7. The number of pyridine rings is 1. The Balaban J connectivity index is 1.17. The van der Waals surface area contributed by atoms with E-state index in [9.17, 15) is 4.79 Å². The van der Waals surface area contributed by atoms with E-state index < -0.39 is 0 Å². The molecule has 1 aliphatic rings. The minimum Gasteiger partial charge on any atom is -0.309 e. The molecule has 14 rings (SSSR count). The van der Waals surface area contributed by atoms with Crippen LogP contribution in [0.15, 0.2) is 187 Å². The van der Waals surface area contributed by atoms with Crippen molar-refractivity contribution in [3.05, 3.63) is 203 Å². The molecule has 284 valence electrons. The molecule has 3 heteroatoms. The standard InChI is InChI=1S/C58H36N2O/c1-58(2)50-24-11-9-18-39(50)43-28-29-46-40-19-10-12-25-51(40)59(56(46)54(43)58)34-31-48(53-42-20-7-5-15-36(42)35-14-3-4-16-37(35)49(53)32-34)33-26-27-41-45-23-13-22-44-38-17-6-8-21-47(38)57(61)60(55(44)45)52(41)30-33/h3-32H,1-2H3. The van der Waals surface area contributed by atoms with Gasteiger partial charge in [-0.15, -0.1) is 0 Å². The number of benzene rings is 10. The Kier molecular flexibility index (Phi) is 6.24. The summed E-state index contributed by atoms with van der Waals surface area (Å²) in [6, 6.07) is 66.4. The first-order valence-electron chi connectivity index (χ1n) is 21.2. The third kappa shape index (κ3) is 4.11. The maximum atomic E-state index is 14.6. The SMILES string of the molecule is CC1(C)c2ccccc2-c2ccc3c4ccccc4n(-c4cc(-c5ccc6c7cccc8c9ccccc9c(=O)n(c6c5)c87)c5c6ccccc6c6ccccc6c5c4)c3c21. The van der Waals surface area contributed by atoms with Crippen LogP contribution in [0.2, 0.25) is 0 Å². The fraction of sp³-hybridized carbons (Fsp3) is 0.0517. The zero-order valence-electron chi connectivity index (χ0n) is 33.6. The molecule has 0 amide bonds. The van der Waals surface area contributed by atoms with E-state index in [4.69, 9.17) is 0 Å². The monoisotopic (exact) mass is 776 g/mol. The van der Waals surface area contributed by atoms with Crippen molar-refractivity contribution in [2.75, 3.05) is 0 Å². The van der Waals surface area contributed by atoms with Gasteiger partial charge in [-0.2, -0.15) is 0 Å². The first-order valence-corrected chi connectivity index (χ1v) is 21.2. The van der Waals surface area contributed by atoms with E-state index in [2.05, 4.69) is 182 Å². The average Bonchev–Trinajstić information content (AvgIpc) is 3.91. The Labute approximate surface area is 350 Å². The van der Waals surface area contributed by atoms with Gasteiger partial charge in [0, 0.05) is 43.4 Å². The van der Waals surface area contributed by atoms with Crippen LogP contribution in [0.25, 0.3) is 120 Å². The van der Waals surface area contributed by atoms with Crippen molar-refractivity contribution in [3.63, 3.8) is 0 Å². The van der Waals surface area contributed by atoms with Gasteiger partial charge >= 0.3 is 0 Å². The van der Waals surface area contributed by atoms with E-state index in [1.54, 1.807) is 0 Å². The first-order chi connectivity index (χ1) is 30.0. The summed E-state index contributed by atoms with van der Waals surface area (Å²) in [5.74, 6) is 0. The van der Waals surface area contributed by atoms with Crippen molar-refractivity contribution >= 4 is 92.1 Å². The summed E-state index contributed by atoms with van der Waals surface area (Å²) in [7, 11) is 0. The smallest absolute Gasteiger partial charge is 0.263 e. The third-order valence-electron chi connectivity index (χ3n) is 14.2. The Hall–Kier alpha value is -7.75. The Morgan fingerprint density at radius 1 is 0.393 bits per heavy atom. The van der Waals surface area contributed by atoms with Gasteiger partial charge in [-0.25, -0.2) is 0 Å². The second-order valence-electron chi connectivity index (χ2n) is 17.5. The molecule has 3 heterocycles. The quantitative estimate of drug-likeness (QED) is 0.161. The molecule has 0 unspecified atom stereocenters. The van der Waals surface area contributed by atoms with Crippen molar-refractivity contribution in [2.45, 2.75) is 19.3 Å². The molecule has 3 aromatic heterocycles. The van der Waals surface area contributed by atoms with Crippen molar-refractivity contribution in [2.24, 2.45) is 0 Å². The highest BCUT2D eigenvalue weighted by atomic mass is 16.1. The van der Waals surface area contributed by atoms with Gasteiger partial charge in [0.25, 0.3) is 5.56 Å². The van der Waals surface area contributed by atoms with E-state index >= 15 is 0 Å². The second kappa shape index (κ2) is 11.5. The summed E-state index contributed by atoms with van der Waals surface area (Å²) < 4.78 is 4.52. The van der Waals surface area contributed by atoms with Gasteiger partial charge in [-0.05, 0) is 101 Å². The molecule has 0 aliphatic heterocycles. The number of hydrogen-bond donors (Lipinski definition) is 0. The van der Waals surface area contributed by atoms with Gasteiger partial charge in [-0.3, -0.25) is 9.20 Å². The lowest BCUT2D eigenvalue weighted by molar-refractivity contribution is 0.664. The predicted molar refractivity (Wildman–Crippen MR) is 257 cm³/mol. The maximum Gasteiger partial charge on any atom is 0.263 e. The summed E-state index contributed by atoms with van der Waals surface area (Å²) in [6.45, 7) is 4.78. The Bertz CT molecular complexity index is 4160. The molecule has 0 spiro atoms. The van der Waals surface area contributed by atoms with E-state index in [0.29, 0.717) is 0 Å². The summed E-state index contributed by atoms with van der Waals surface area (Å²) in [4.78, 5) is 14.6. The Morgan fingerprint density at radius 3 is 1.74 bits per heavy atom. The lowest BCUT2D eigenvalue weighted by Gasteiger charge is -2.24. The van der Waals surface area contributed by atoms with Crippen molar-refractivity contribution in [3.8, 4) is 27.9 Å². The largest absolute Gasteiger partial charge is 0.309 e. The zero-order chi connectivity index (χ0) is 40.3. The number of para-hydroxylation sites is 2. The number of fused-ring (bicyclic) bond motifs is 18. The molecule has 0 saturated carbocycles. The minimum atomic E-state index is -0.215. The van der Waals surface area contributed by atoms with Crippen molar-refractivity contribution in [1.82, 2.24) is 8.97 Å². The molecule has 13 aromatic rings. The van der Waals surface area contributed by atoms with Crippen molar-refractivity contribution in [1.29, 1.82) is 0 Å².